The summed E-state index contributed by atoms with van der Waals surface area (Å²) < 4.78 is 5.48. The summed E-state index contributed by atoms with van der Waals surface area (Å²) in [7, 11) is 0. The zero-order valence-corrected chi connectivity index (χ0v) is 8.98. The van der Waals surface area contributed by atoms with Crippen molar-refractivity contribution in [1.82, 2.24) is 10.3 Å². The van der Waals surface area contributed by atoms with E-state index in [1.54, 1.807) is 12.3 Å². The van der Waals surface area contributed by atoms with Crippen molar-refractivity contribution in [2.24, 2.45) is 0 Å². The van der Waals surface area contributed by atoms with Gasteiger partial charge in [-0.2, -0.15) is 0 Å². The quantitative estimate of drug-likeness (QED) is 0.812. The van der Waals surface area contributed by atoms with Crippen LogP contribution in [0, 0.1) is 0 Å². The lowest BCUT2D eigenvalue weighted by atomic mass is 10.1. The molecule has 0 spiro atoms. The SMILES string of the molecule is Clc1cc(OC[C@H]2CCN2)cnc1Cl. The molecule has 3 nitrogen and oxygen atoms in total. The number of nitrogens with one attached hydrogen (secondary N) is 1. The van der Waals surface area contributed by atoms with Crippen LogP contribution in [0.25, 0.3) is 0 Å². The average molecular weight is 233 g/mol. The fourth-order valence-electron chi connectivity index (χ4n) is 1.17. The maximum atomic E-state index is 5.79. The number of pyridine rings is 1. The third kappa shape index (κ3) is 2.29. The number of ether oxygens (including phenoxy) is 1. The van der Waals surface area contributed by atoms with Crippen molar-refractivity contribution in [3.05, 3.63) is 22.4 Å². The van der Waals surface area contributed by atoms with E-state index >= 15 is 0 Å². The second kappa shape index (κ2) is 4.34. The first-order valence-electron chi connectivity index (χ1n) is 4.43. The van der Waals surface area contributed by atoms with E-state index in [4.69, 9.17) is 27.9 Å². The summed E-state index contributed by atoms with van der Waals surface area (Å²) in [6, 6.07) is 2.14. The lowest BCUT2D eigenvalue weighted by Crippen LogP contribution is -2.46. The van der Waals surface area contributed by atoms with E-state index in [-0.39, 0.29) is 0 Å². The zero-order valence-electron chi connectivity index (χ0n) is 7.46. The molecular weight excluding hydrogens is 223 g/mol. The predicted molar refractivity (Wildman–Crippen MR) is 56.2 cm³/mol. The standard InChI is InChI=1S/C9H10Cl2N2O/c10-8-3-7(4-13-9(8)11)14-5-6-1-2-12-6/h3-4,6,12H,1-2,5H2/t6-/m1/s1. The van der Waals surface area contributed by atoms with Gasteiger partial charge in [0, 0.05) is 12.1 Å². The maximum absolute atomic E-state index is 5.79. The molecule has 1 aliphatic rings. The molecule has 1 aromatic rings. The molecular formula is C9H10Cl2N2O. The van der Waals surface area contributed by atoms with Gasteiger partial charge in [0.2, 0.25) is 0 Å². The summed E-state index contributed by atoms with van der Waals surface area (Å²) in [5, 5.41) is 3.97. The second-order valence-corrected chi connectivity index (χ2v) is 3.96. The van der Waals surface area contributed by atoms with Crippen LogP contribution in [0.15, 0.2) is 12.3 Å². The van der Waals surface area contributed by atoms with Gasteiger partial charge >= 0.3 is 0 Å². The first-order valence-corrected chi connectivity index (χ1v) is 5.18. The van der Waals surface area contributed by atoms with Crippen LogP contribution in [0.3, 0.4) is 0 Å². The summed E-state index contributed by atoms with van der Waals surface area (Å²) >= 11 is 11.5. The lowest BCUT2D eigenvalue weighted by molar-refractivity contribution is 0.217. The van der Waals surface area contributed by atoms with E-state index in [9.17, 15) is 0 Å². The van der Waals surface area contributed by atoms with Gasteiger partial charge in [-0.05, 0) is 13.0 Å². The van der Waals surface area contributed by atoms with Crippen LogP contribution in [-0.4, -0.2) is 24.2 Å². The van der Waals surface area contributed by atoms with Crippen LogP contribution >= 0.6 is 23.2 Å². The molecule has 2 rings (SSSR count). The highest BCUT2D eigenvalue weighted by Crippen LogP contribution is 2.23. The first kappa shape index (κ1) is 10.0. The van der Waals surface area contributed by atoms with Gasteiger partial charge in [-0.15, -0.1) is 0 Å². The number of aromatic nitrogens is 1. The maximum Gasteiger partial charge on any atom is 0.147 e. The minimum atomic E-state index is 0.306. The Morgan fingerprint density at radius 2 is 2.36 bits per heavy atom. The molecule has 1 N–H and O–H groups in total. The topological polar surface area (TPSA) is 34.1 Å². The van der Waals surface area contributed by atoms with Crippen LogP contribution in [0.4, 0.5) is 0 Å². The van der Waals surface area contributed by atoms with E-state index in [2.05, 4.69) is 10.3 Å². The van der Waals surface area contributed by atoms with E-state index in [0.29, 0.717) is 28.6 Å². The van der Waals surface area contributed by atoms with Gasteiger partial charge in [0.1, 0.15) is 17.5 Å². The van der Waals surface area contributed by atoms with Gasteiger partial charge in [-0.1, -0.05) is 23.2 Å². The second-order valence-electron chi connectivity index (χ2n) is 3.19. The molecule has 0 aromatic carbocycles. The fraction of sp³-hybridized carbons (Fsp3) is 0.444. The van der Waals surface area contributed by atoms with Gasteiger partial charge in [0.05, 0.1) is 11.2 Å². The molecule has 5 heteroatoms. The van der Waals surface area contributed by atoms with E-state index in [0.717, 1.165) is 13.0 Å². The summed E-state index contributed by atoms with van der Waals surface area (Å²) in [4.78, 5) is 3.89. The number of hydrogen-bond acceptors (Lipinski definition) is 3. The molecule has 0 aliphatic carbocycles. The lowest BCUT2D eigenvalue weighted by Gasteiger charge is -2.27. The molecule has 1 atom stereocenters. The number of halogens is 2. The fourth-order valence-corrected chi connectivity index (χ4v) is 1.43. The van der Waals surface area contributed by atoms with Crippen LogP contribution in [-0.2, 0) is 0 Å². The van der Waals surface area contributed by atoms with Gasteiger partial charge in [-0.25, -0.2) is 4.98 Å². The highest BCUT2D eigenvalue weighted by atomic mass is 35.5. The molecule has 1 aliphatic heterocycles. The minimum Gasteiger partial charge on any atom is -0.490 e. The Hall–Kier alpha value is -0.510. The largest absolute Gasteiger partial charge is 0.490 e. The van der Waals surface area contributed by atoms with E-state index in [1.807, 2.05) is 0 Å². The van der Waals surface area contributed by atoms with Crippen LogP contribution in [0.1, 0.15) is 6.42 Å². The van der Waals surface area contributed by atoms with E-state index in [1.165, 1.54) is 0 Å². The number of rotatable bonds is 3. The van der Waals surface area contributed by atoms with Crippen molar-refractivity contribution in [1.29, 1.82) is 0 Å². The molecule has 1 fully saturated rings. The predicted octanol–water partition coefficient (Wildman–Crippen LogP) is 2.13. The summed E-state index contributed by atoms with van der Waals surface area (Å²) in [6.07, 6.45) is 2.74. The van der Waals surface area contributed by atoms with Gasteiger partial charge < -0.3 is 10.1 Å². The third-order valence-corrected chi connectivity index (χ3v) is 2.83. The third-order valence-electron chi connectivity index (χ3n) is 2.15. The number of nitrogens with zero attached hydrogens (tertiary/aromatic N) is 1. The highest BCUT2D eigenvalue weighted by Gasteiger charge is 2.16. The Balaban J connectivity index is 1.91. The molecule has 0 amide bonds. The van der Waals surface area contributed by atoms with Crippen LogP contribution in [0.2, 0.25) is 10.2 Å². The summed E-state index contributed by atoms with van der Waals surface area (Å²) in [5.74, 6) is 0.660. The normalized spacial score (nSPS) is 20.3. The zero-order chi connectivity index (χ0) is 9.97. The monoisotopic (exact) mass is 232 g/mol. The average Bonchev–Trinajstić information content (AvgIpc) is 2.08. The Labute approximate surface area is 92.4 Å². The number of hydrogen-bond donors (Lipinski definition) is 1. The molecule has 1 saturated heterocycles. The summed E-state index contributed by atoms with van der Waals surface area (Å²) in [5.41, 5.74) is 0. The van der Waals surface area contributed by atoms with Crippen molar-refractivity contribution in [3.8, 4) is 5.75 Å². The Kier molecular flexibility index (Phi) is 3.11. The smallest absolute Gasteiger partial charge is 0.147 e. The molecule has 76 valence electrons. The van der Waals surface area contributed by atoms with Crippen molar-refractivity contribution in [2.45, 2.75) is 12.5 Å². The van der Waals surface area contributed by atoms with Crippen molar-refractivity contribution in [3.63, 3.8) is 0 Å². The summed E-state index contributed by atoms with van der Waals surface area (Å²) in [6.45, 7) is 1.73. The highest BCUT2D eigenvalue weighted by molar-refractivity contribution is 6.41. The van der Waals surface area contributed by atoms with Gasteiger partial charge in [-0.3, -0.25) is 0 Å². The molecule has 0 radical (unpaired) electrons. The molecule has 0 bridgehead atoms. The minimum absolute atomic E-state index is 0.306. The molecule has 1 aromatic heterocycles. The van der Waals surface area contributed by atoms with Gasteiger partial charge in [0.25, 0.3) is 0 Å². The first-order chi connectivity index (χ1) is 6.75. The van der Waals surface area contributed by atoms with Crippen LogP contribution in [0.5, 0.6) is 5.75 Å². The van der Waals surface area contributed by atoms with Crippen molar-refractivity contribution in [2.75, 3.05) is 13.2 Å². The Bertz CT molecular complexity index is 329. The van der Waals surface area contributed by atoms with E-state index < -0.39 is 0 Å². The van der Waals surface area contributed by atoms with Crippen LogP contribution < -0.4 is 10.1 Å². The molecule has 14 heavy (non-hydrogen) atoms. The Morgan fingerprint density at radius 3 is 2.93 bits per heavy atom. The van der Waals surface area contributed by atoms with Gasteiger partial charge in [0.15, 0.2) is 0 Å². The molecule has 0 saturated carbocycles. The molecule has 2 heterocycles. The van der Waals surface area contributed by atoms with Crippen molar-refractivity contribution >= 4 is 23.2 Å². The van der Waals surface area contributed by atoms with Crippen molar-refractivity contribution < 1.29 is 4.74 Å². The molecule has 0 unspecified atom stereocenters. The Morgan fingerprint density at radius 1 is 1.57 bits per heavy atom.